The molecule has 0 spiro atoms. The third kappa shape index (κ3) is 4.90. The van der Waals surface area contributed by atoms with E-state index in [1.807, 2.05) is 34.5 Å². The molecule has 0 unspecified atom stereocenters. The topological polar surface area (TPSA) is 71.5 Å². The molecule has 0 atom stereocenters. The number of carbonyl (C=O) groups is 1. The summed E-state index contributed by atoms with van der Waals surface area (Å²) >= 11 is 3.02. The smallest absolute Gasteiger partial charge is 0.282 e. The van der Waals surface area contributed by atoms with Crippen LogP contribution in [0.4, 0.5) is 0 Å². The summed E-state index contributed by atoms with van der Waals surface area (Å²) in [6.07, 6.45) is 3.79. The number of hydrogen-bond donors (Lipinski definition) is 0. The molecule has 4 aromatic rings. The first-order chi connectivity index (χ1) is 15.2. The molecule has 158 valence electrons. The minimum absolute atomic E-state index is 0.226. The van der Waals surface area contributed by atoms with E-state index in [0.717, 1.165) is 48.2 Å². The number of nitrogens with zero attached hydrogens (tertiary/aromatic N) is 5. The van der Waals surface area contributed by atoms with Crippen molar-refractivity contribution in [3.05, 3.63) is 64.6 Å². The number of ether oxygens (including phenoxy) is 1. The lowest BCUT2D eigenvalue weighted by atomic mass is 10.2. The Hall–Kier alpha value is -2.88. The molecule has 1 aromatic carbocycles. The molecule has 4 heterocycles. The van der Waals surface area contributed by atoms with E-state index in [-0.39, 0.29) is 5.91 Å². The van der Waals surface area contributed by atoms with Crippen LogP contribution < -0.4 is 4.74 Å². The number of benzene rings is 1. The summed E-state index contributed by atoms with van der Waals surface area (Å²) in [7, 11) is 0. The van der Waals surface area contributed by atoms with E-state index in [1.165, 1.54) is 16.9 Å². The number of rotatable bonds is 6. The summed E-state index contributed by atoms with van der Waals surface area (Å²) in [5.41, 5.74) is 1.82. The fraction of sp³-hybridized carbons (Fsp3) is 0.273. The molecule has 1 amide bonds. The average Bonchev–Trinajstić information content (AvgIpc) is 3.45. The van der Waals surface area contributed by atoms with Gasteiger partial charge in [0.25, 0.3) is 5.19 Å². The first-order valence-corrected chi connectivity index (χ1v) is 11.8. The third-order valence-corrected chi connectivity index (χ3v) is 6.90. The number of carbonyl (C=O) groups excluding carboxylic acids is 1. The highest BCUT2D eigenvalue weighted by atomic mass is 32.1. The van der Waals surface area contributed by atoms with Gasteiger partial charge in [-0.05, 0) is 29.1 Å². The monoisotopic (exact) mass is 451 g/mol. The molecular weight excluding hydrogens is 430 g/mol. The molecule has 0 radical (unpaired) electrons. The number of thiophene rings is 1. The van der Waals surface area contributed by atoms with Gasteiger partial charge in [0.1, 0.15) is 5.75 Å². The lowest BCUT2D eigenvalue weighted by Crippen LogP contribution is -2.48. The highest BCUT2D eigenvalue weighted by Crippen LogP contribution is 2.29. The lowest BCUT2D eigenvalue weighted by molar-refractivity contribution is -0.132. The van der Waals surface area contributed by atoms with Crippen LogP contribution in [-0.2, 0) is 17.8 Å². The number of amides is 1. The van der Waals surface area contributed by atoms with Gasteiger partial charge in [0.15, 0.2) is 10.5 Å². The predicted octanol–water partition coefficient (Wildman–Crippen LogP) is 3.83. The molecule has 5 rings (SSSR count). The van der Waals surface area contributed by atoms with Crippen LogP contribution in [0, 0.1) is 0 Å². The van der Waals surface area contributed by atoms with Gasteiger partial charge < -0.3 is 9.64 Å². The van der Waals surface area contributed by atoms with Crippen molar-refractivity contribution in [2.75, 3.05) is 26.2 Å². The zero-order chi connectivity index (χ0) is 21.0. The number of hydrogen-bond acceptors (Lipinski definition) is 8. The van der Waals surface area contributed by atoms with E-state index < -0.39 is 0 Å². The summed E-state index contributed by atoms with van der Waals surface area (Å²) < 4.78 is 5.86. The van der Waals surface area contributed by atoms with Gasteiger partial charge in [-0.15, -0.1) is 11.3 Å². The lowest BCUT2D eigenvalue weighted by Gasteiger charge is -2.34. The summed E-state index contributed by atoms with van der Waals surface area (Å²) in [5.74, 6) is 0.968. The van der Waals surface area contributed by atoms with Crippen molar-refractivity contribution in [3.8, 4) is 10.9 Å². The van der Waals surface area contributed by atoms with Crippen molar-refractivity contribution in [2.45, 2.75) is 13.0 Å². The first-order valence-electron chi connectivity index (χ1n) is 10.1. The number of piperazine rings is 1. The van der Waals surface area contributed by atoms with E-state index in [4.69, 9.17) is 4.74 Å². The maximum absolute atomic E-state index is 12.5. The molecule has 0 saturated carbocycles. The van der Waals surface area contributed by atoms with Gasteiger partial charge >= 0.3 is 0 Å². The van der Waals surface area contributed by atoms with Crippen molar-refractivity contribution in [3.63, 3.8) is 0 Å². The van der Waals surface area contributed by atoms with Gasteiger partial charge in [0.2, 0.25) is 5.91 Å². The highest BCUT2D eigenvalue weighted by molar-refractivity contribution is 7.19. The molecule has 0 aliphatic carbocycles. The summed E-state index contributed by atoms with van der Waals surface area (Å²) in [6, 6.07) is 12.1. The van der Waals surface area contributed by atoms with Gasteiger partial charge in [-0.3, -0.25) is 9.69 Å². The summed E-state index contributed by atoms with van der Waals surface area (Å²) in [5, 5.41) is 2.56. The van der Waals surface area contributed by atoms with Gasteiger partial charge in [0, 0.05) is 50.0 Å². The Morgan fingerprint density at radius 2 is 1.84 bits per heavy atom. The van der Waals surface area contributed by atoms with Crippen LogP contribution in [0.5, 0.6) is 10.9 Å². The maximum atomic E-state index is 12.5. The second-order valence-corrected chi connectivity index (χ2v) is 9.30. The first kappa shape index (κ1) is 20.0. The minimum Gasteiger partial charge on any atom is -0.431 e. The molecule has 7 nitrogen and oxygen atoms in total. The van der Waals surface area contributed by atoms with E-state index in [0.29, 0.717) is 17.3 Å². The van der Waals surface area contributed by atoms with Crippen molar-refractivity contribution < 1.29 is 9.53 Å². The maximum Gasteiger partial charge on any atom is 0.282 e. The molecule has 1 aliphatic rings. The van der Waals surface area contributed by atoms with Crippen molar-refractivity contribution in [2.24, 2.45) is 0 Å². The van der Waals surface area contributed by atoms with Crippen molar-refractivity contribution in [1.29, 1.82) is 0 Å². The highest BCUT2D eigenvalue weighted by Gasteiger charge is 2.21. The minimum atomic E-state index is 0.226. The standard InChI is InChI=1S/C22H21N5O2S2/c28-19(14-18-2-1-13-30-18)27-11-9-26(10-12-27)15-16-3-5-17(6-4-16)29-22-25-20-21(31-22)24-8-7-23-20/h1-8,13H,9-12,14-15H2. The second kappa shape index (κ2) is 9.09. The van der Waals surface area contributed by atoms with Crippen LogP contribution in [0.2, 0.25) is 0 Å². The van der Waals surface area contributed by atoms with Crippen LogP contribution in [0.1, 0.15) is 10.4 Å². The van der Waals surface area contributed by atoms with Gasteiger partial charge in [-0.25, -0.2) is 9.97 Å². The molecule has 1 saturated heterocycles. The molecule has 3 aromatic heterocycles. The second-order valence-electron chi connectivity index (χ2n) is 7.32. The van der Waals surface area contributed by atoms with Gasteiger partial charge in [-0.2, -0.15) is 4.98 Å². The van der Waals surface area contributed by atoms with Crippen LogP contribution in [0.25, 0.3) is 10.5 Å². The molecule has 31 heavy (non-hydrogen) atoms. The average molecular weight is 452 g/mol. The largest absolute Gasteiger partial charge is 0.431 e. The number of thiazole rings is 1. The van der Waals surface area contributed by atoms with Gasteiger partial charge in [0.05, 0.1) is 6.42 Å². The van der Waals surface area contributed by atoms with E-state index >= 15 is 0 Å². The van der Waals surface area contributed by atoms with Crippen molar-refractivity contribution >= 4 is 39.1 Å². The zero-order valence-electron chi connectivity index (χ0n) is 16.8. The predicted molar refractivity (Wildman–Crippen MR) is 122 cm³/mol. The Morgan fingerprint density at radius 1 is 1.03 bits per heavy atom. The Bertz CT molecular complexity index is 1120. The normalized spacial score (nSPS) is 14.8. The Kier molecular flexibility index (Phi) is 5.88. The molecule has 0 bridgehead atoms. The molecule has 9 heteroatoms. The zero-order valence-corrected chi connectivity index (χ0v) is 18.4. The quantitative estimate of drug-likeness (QED) is 0.444. The van der Waals surface area contributed by atoms with Crippen LogP contribution in [-0.4, -0.2) is 56.8 Å². The van der Waals surface area contributed by atoms with Crippen LogP contribution >= 0.6 is 22.7 Å². The molecule has 1 aliphatic heterocycles. The van der Waals surface area contributed by atoms with Crippen LogP contribution in [0.15, 0.2) is 54.2 Å². The Morgan fingerprint density at radius 3 is 2.58 bits per heavy atom. The van der Waals surface area contributed by atoms with E-state index in [9.17, 15) is 4.79 Å². The van der Waals surface area contributed by atoms with Crippen LogP contribution in [0.3, 0.4) is 0 Å². The summed E-state index contributed by atoms with van der Waals surface area (Å²) in [4.78, 5) is 31.5. The SMILES string of the molecule is O=C(Cc1cccs1)N1CCN(Cc2ccc(Oc3nc4nccnc4s3)cc2)CC1. The molecule has 1 fully saturated rings. The number of fused-ring (bicyclic) bond motifs is 1. The number of aromatic nitrogens is 3. The molecule has 0 N–H and O–H groups in total. The fourth-order valence-corrected chi connectivity index (χ4v) is 4.99. The fourth-order valence-electron chi connectivity index (χ4n) is 3.55. The van der Waals surface area contributed by atoms with E-state index in [2.05, 4.69) is 32.0 Å². The Labute approximate surface area is 188 Å². The van der Waals surface area contributed by atoms with Crippen molar-refractivity contribution in [1.82, 2.24) is 24.8 Å². The summed E-state index contributed by atoms with van der Waals surface area (Å²) in [6.45, 7) is 4.21. The van der Waals surface area contributed by atoms with E-state index in [1.54, 1.807) is 23.7 Å². The van der Waals surface area contributed by atoms with Gasteiger partial charge in [-0.1, -0.05) is 29.5 Å². The third-order valence-electron chi connectivity index (χ3n) is 5.19. The molecular formula is C22H21N5O2S2. The Balaban J connectivity index is 1.12.